The second-order valence-corrected chi connectivity index (χ2v) is 4.60. The van der Waals surface area contributed by atoms with E-state index in [2.05, 4.69) is 10.1 Å². The fourth-order valence-corrected chi connectivity index (χ4v) is 1.63. The maximum absolute atomic E-state index is 10.8. The Kier molecular flexibility index (Phi) is 3.94. The van der Waals surface area contributed by atoms with Crippen molar-refractivity contribution in [2.24, 2.45) is 0 Å². The summed E-state index contributed by atoms with van der Waals surface area (Å²) < 4.78 is 5.12. The highest BCUT2D eigenvalue weighted by Crippen LogP contribution is 2.28. The largest absolute Gasteiger partial charge is 0.398 e. The lowest BCUT2D eigenvalue weighted by Gasteiger charge is -2.05. The Morgan fingerprint density at radius 1 is 1.45 bits per heavy atom. The second kappa shape index (κ2) is 5.66. The van der Waals surface area contributed by atoms with Gasteiger partial charge in [0.05, 0.1) is 10.5 Å². The molecular weight excluding hydrogens is 262 g/mol. The molecule has 1 aromatic heterocycles. The molecule has 2 aromatic rings. The molecule has 0 fully saturated rings. The zero-order chi connectivity index (χ0) is 14.7. The first-order valence-corrected chi connectivity index (χ1v) is 5.99. The number of hydrogen-bond acceptors (Lipinski definition) is 7. The number of nitro benzene ring substituents is 1. The molecule has 0 saturated carbocycles. The lowest BCUT2D eigenvalue weighted by molar-refractivity contribution is -0.384. The predicted molar refractivity (Wildman–Crippen MR) is 73.1 cm³/mol. The Morgan fingerprint density at radius 3 is 2.85 bits per heavy atom. The molecule has 0 aliphatic rings. The van der Waals surface area contributed by atoms with Crippen molar-refractivity contribution in [3.63, 3.8) is 0 Å². The first-order chi connectivity index (χ1) is 9.47. The van der Waals surface area contributed by atoms with Gasteiger partial charge in [0.25, 0.3) is 11.6 Å². The third kappa shape index (κ3) is 3.09. The van der Waals surface area contributed by atoms with Crippen molar-refractivity contribution >= 4 is 11.4 Å². The average Bonchev–Trinajstić information content (AvgIpc) is 2.85. The first kappa shape index (κ1) is 13.9. The van der Waals surface area contributed by atoms with E-state index in [1.807, 2.05) is 19.0 Å². The van der Waals surface area contributed by atoms with E-state index in [0.717, 1.165) is 6.54 Å². The van der Waals surface area contributed by atoms with E-state index in [1.165, 1.54) is 18.2 Å². The topological polar surface area (TPSA) is 111 Å². The van der Waals surface area contributed by atoms with Crippen molar-refractivity contribution in [2.75, 3.05) is 26.4 Å². The predicted octanol–water partition coefficient (Wildman–Crippen LogP) is 1.33. The van der Waals surface area contributed by atoms with E-state index >= 15 is 0 Å². The summed E-state index contributed by atoms with van der Waals surface area (Å²) in [4.78, 5) is 16.5. The lowest BCUT2D eigenvalue weighted by Crippen LogP contribution is -2.15. The molecule has 2 N–H and O–H groups in total. The van der Waals surface area contributed by atoms with Gasteiger partial charge in [-0.3, -0.25) is 10.1 Å². The molecule has 8 heteroatoms. The van der Waals surface area contributed by atoms with E-state index in [0.29, 0.717) is 23.5 Å². The van der Waals surface area contributed by atoms with Gasteiger partial charge in [0, 0.05) is 30.8 Å². The number of rotatable bonds is 5. The van der Waals surface area contributed by atoms with E-state index in [9.17, 15) is 10.1 Å². The summed E-state index contributed by atoms with van der Waals surface area (Å²) in [7, 11) is 3.89. The monoisotopic (exact) mass is 277 g/mol. The van der Waals surface area contributed by atoms with Crippen LogP contribution in [0.4, 0.5) is 11.4 Å². The smallest absolute Gasteiger partial charge is 0.270 e. The molecule has 0 radical (unpaired) electrons. The molecule has 0 atom stereocenters. The van der Waals surface area contributed by atoms with Gasteiger partial charge in [0.15, 0.2) is 5.82 Å². The number of aromatic nitrogens is 2. The summed E-state index contributed by atoms with van der Waals surface area (Å²) in [6.45, 7) is 0.781. The molecule has 1 aromatic carbocycles. The van der Waals surface area contributed by atoms with Crippen molar-refractivity contribution in [1.29, 1.82) is 0 Å². The van der Waals surface area contributed by atoms with Crippen LogP contribution in [0.3, 0.4) is 0 Å². The summed E-state index contributed by atoms with van der Waals surface area (Å²) in [5.41, 5.74) is 6.46. The van der Waals surface area contributed by atoms with E-state index in [4.69, 9.17) is 10.3 Å². The van der Waals surface area contributed by atoms with Gasteiger partial charge in [-0.1, -0.05) is 5.16 Å². The summed E-state index contributed by atoms with van der Waals surface area (Å²) in [5, 5.41) is 14.6. The lowest BCUT2D eigenvalue weighted by atomic mass is 10.1. The Morgan fingerprint density at radius 2 is 2.20 bits per heavy atom. The average molecular weight is 277 g/mol. The number of non-ortho nitro benzene ring substituents is 1. The zero-order valence-electron chi connectivity index (χ0n) is 11.2. The van der Waals surface area contributed by atoms with Crippen molar-refractivity contribution < 1.29 is 9.45 Å². The molecular formula is C12H15N5O3. The molecule has 0 bridgehead atoms. The maximum Gasteiger partial charge on any atom is 0.270 e. The Hall–Kier alpha value is -2.48. The van der Waals surface area contributed by atoms with Crippen LogP contribution in [-0.2, 0) is 6.42 Å². The Balaban J connectivity index is 2.27. The minimum atomic E-state index is -0.494. The molecule has 0 unspecified atom stereocenters. The van der Waals surface area contributed by atoms with Gasteiger partial charge in [-0.05, 0) is 20.2 Å². The van der Waals surface area contributed by atoms with Crippen LogP contribution in [0.25, 0.3) is 11.5 Å². The summed E-state index contributed by atoms with van der Waals surface area (Å²) in [6, 6.07) is 4.12. The number of likely N-dealkylation sites (N-methyl/N-ethyl adjacent to an activating group) is 1. The van der Waals surface area contributed by atoms with Gasteiger partial charge in [0.2, 0.25) is 0 Å². The van der Waals surface area contributed by atoms with Gasteiger partial charge in [-0.25, -0.2) is 0 Å². The van der Waals surface area contributed by atoms with Crippen LogP contribution < -0.4 is 5.73 Å². The number of nitrogens with two attached hydrogens (primary N) is 1. The normalized spacial score (nSPS) is 10.9. The molecule has 8 nitrogen and oxygen atoms in total. The highest BCUT2D eigenvalue weighted by atomic mass is 16.6. The van der Waals surface area contributed by atoms with Gasteiger partial charge >= 0.3 is 0 Å². The van der Waals surface area contributed by atoms with Gasteiger partial charge < -0.3 is 15.2 Å². The van der Waals surface area contributed by atoms with Crippen molar-refractivity contribution in [2.45, 2.75) is 6.42 Å². The van der Waals surface area contributed by atoms with Crippen LogP contribution in [-0.4, -0.2) is 40.6 Å². The summed E-state index contributed by atoms with van der Waals surface area (Å²) in [5.74, 6) is 0.736. The fraction of sp³-hybridized carbons (Fsp3) is 0.333. The van der Waals surface area contributed by atoms with Crippen molar-refractivity contribution in [3.8, 4) is 11.5 Å². The van der Waals surface area contributed by atoms with Crippen molar-refractivity contribution in [1.82, 2.24) is 15.0 Å². The highest BCUT2D eigenvalue weighted by Gasteiger charge is 2.16. The third-order valence-electron chi connectivity index (χ3n) is 2.73. The standard InChI is InChI=1S/C12H15N5O3/c1-16(2)6-5-11-14-12(20-15-11)9-7-8(17(18)19)3-4-10(9)13/h3-4,7H,5-6,13H2,1-2H3. The van der Waals surface area contributed by atoms with Gasteiger partial charge in [-0.15, -0.1) is 0 Å². The van der Waals surface area contributed by atoms with Crippen LogP contribution in [0.1, 0.15) is 5.82 Å². The number of nitrogens with zero attached hydrogens (tertiary/aromatic N) is 4. The Labute approximate surface area is 115 Å². The molecule has 1 heterocycles. The van der Waals surface area contributed by atoms with Crippen LogP contribution in [0.5, 0.6) is 0 Å². The fourth-order valence-electron chi connectivity index (χ4n) is 1.63. The third-order valence-corrected chi connectivity index (χ3v) is 2.73. The van der Waals surface area contributed by atoms with Crippen LogP contribution >= 0.6 is 0 Å². The van der Waals surface area contributed by atoms with Crippen LogP contribution in [0, 0.1) is 10.1 Å². The summed E-state index contributed by atoms with van der Waals surface area (Å²) >= 11 is 0. The molecule has 20 heavy (non-hydrogen) atoms. The number of nitro groups is 1. The Bertz CT molecular complexity index is 623. The van der Waals surface area contributed by atoms with Crippen molar-refractivity contribution in [3.05, 3.63) is 34.1 Å². The number of anilines is 1. The molecule has 106 valence electrons. The van der Waals surface area contributed by atoms with Crippen LogP contribution in [0.2, 0.25) is 0 Å². The van der Waals surface area contributed by atoms with Gasteiger partial charge in [0.1, 0.15) is 0 Å². The van der Waals surface area contributed by atoms with E-state index in [1.54, 1.807) is 0 Å². The SMILES string of the molecule is CN(C)CCc1noc(-c2cc([N+](=O)[O-])ccc2N)n1. The highest BCUT2D eigenvalue weighted by molar-refractivity contribution is 5.73. The molecule has 0 spiro atoms. The molecule has 2 rings (SSSR count). The second-order valence-electron chi connectivity index (χ2n) is 4.60. The maximum atomic E-state index is 10.8. The molecule has 0 aliphatic heterocycles. The zero-order valence-corrected chi connectivity index (χ0v) is 11.2. The number of benzene rings is 1. The van der Waals surface area contributed by atoms with E-state index < -0.39 is 4.92 Å². The van der Waals surface area contributed by atoms with Gasteiger partial charge in [-0.2, -0.15) is 4.98 Å². The number of hydrogen-bond donors (Lipinski definition) is 1. The van der Waals surface area contributed by atoms with Crippen LogP contribution in [0.15, 0.2) is 22.7 Å². The minimum absolute atomic E-state index is 0.0674. The minimum Gasteiger partial charge on any atom is -0.398 e. The summed E-state index contributed by atoms with van der Waals surface area (Å²) in [6.07, 6.45) is 0.630. The molecule has 0 amide bonds. The first-order valence-electron chi connectivity index (χ1n) is 5.99. The quantitative estimate of drug-likeness (QED) is 0.498. The molecule has 0 saturated heterocycles. The van der Waals surface area contributed by atoms with E-state index in [-0.39, 0.29) is 11.6 Å². The number of nitrogen functional groups attached to an aromatic ring is 1. The molecule has 0 aliphatic carbocycles.